The number of aliphatic hydroxyl groups excluding tert-OH is 1. The number of sulfonamides is 1. The Bertz CT molecular complexity index is 651. The number of aliphatic hydroxyl groups is 1. The zero-order valence-corrected chi connectivity index (χ0v) is 12.0. The first-order valence-electron chi connectivity index (χ1n) is 6.31. The molecule has 0 bridgehead atoms. The number of benzene rings is 2. The van der Waals surface area contributed by atoms with Crippen LogP contribution in [0.5, 0.6) is 0 Å². The van der Waals surface area contributed by atoms with E-state index in [9.17, 15) is 8.42 Å². The zero-order chi connectivity index (χ0) is 14.6. The van der Waals surface area contributed by atoms with Gasteiger partial charge < -0.3 is 5.11 Å². The van der Waals surface area contributed by atoms with Crippen molar-refractivity contribution >= 4 is 10.0 Å². The van der Waals surface area contributed by atoms with Crippen LogP contribution in [0.25, 0.3) is 11.1 Å². The molecule has 0 radical (unpaired) electrons. The first-order valence-corrected chi connectivity index (χ1v) is 7.80. The maximum Gasteiger partial charge on any atom is 0.240 e. The third kappa shape index (κ3) is 3.45. The van der Waals surface area contributed by atoms with Gasteiger partial charge in [0, 0.05) is 6.04 Å². The van der Waals surface area contributed by atoms with Crippen molar-refractivity contribution in [3.8, 4) is 11.1 Å². The summed E-state index contributed by atoms with van der Waals surface area (Å²) in [6.45, 7) is 1.37. The largest absolute Gasteiger partial charge is 0.395 e. The monoisotopic (exact) mass is 291 g/mol. The molecule has 0 aliphatic heterocycles. The van der Waals surface area contributed by atoms with Gasteiger partial charge in [0.2, 0.25) is 10.0 Å². The van der Waals surface area contributed by atoms with Gasteiger partial charge in [0.15, 0.2) is 0 Å². The van der Waals surface area contributed by atoms with E-state index in [0.717, 1.165) is 11.1 Å². The molecule has 2 aromatic carbocycles. The van der Waals surface area contributed by atoms with Crippen molar-refractivity contribution < 1.29 is 13.5 Å². The number of hydrogen-bond acceptors (Lipinski definition) is 3. The van der Waals surface area contributed by atoms with Gasteiger partial charge in [-0.2, -0.15) is 0 Å². The van der Waals surface area contributed by atoms with E-state index in [1.165, 1.54) is 0 Å². The minimum absolute atomic E-state index is 0.192. The number of nitrogens with one attached hydrogen (secondary N) is 1. The van der Waals surface area contributed by atoms with Crippen molar-refractivity contribution in [2.24, 2.45) is 0 Å². The maximum atomic E-state index is 12.0. The molecule has 0 heterocycles. The molecule has 106 valence electrons. The average Bonchev–Trinajstić information content (AvgIpc) is 2.48. The Morgan fingerprint density at radius 3 is 2.10 bits per heavy atom. The van der Waals surface area contributed by atoms with Gasteiger partial charge >= 0.3 is 0 Å². The first-order chi connectivity index (χ1) is 9.53. The van der Waals surface area contributed by atoms with E-state index in [4.69, 9.17) is 5.11 Å². The zero-order valence-electron chi connectivity index (χ0n) is 11.2. The third-order valence-corrected chi connectivity index (χ3v) is 4.51. The smallest absolute Gasteiger partial charge is 0.240 e. The van der Waals surface area contributed by atoms with Gasteiger partial charge in [0.05, 0.1) is 11.5 Å². The van der Waals surface area contributed by atoms with Gasteiger partial charge in [0.1, 0.15) is 0 Å². The van der Waals surface area contributed by atoms with Crippen molar-refractivity contribution in [1.29, 1.82) is 0 Å². The fourth-order valence-corrected chi connectivity index (χ4v) is 3.06. The lowest BCUT2D eigenvalue weighted by molar-refractivity contribution is 0.265. The molecule has 0 aliphatic rings. The van der Waals surface area contributed by atoms with E-state index < -0.39 is 16.1 Å². The lowest BCUT2D eigenvalue weighted by Gasteiger charge is -2.12. The molecule has 0 spiro atoms. The van der Waals surface area contributed by atoms with E-state index in [-0.39, 0.29) is 11.5 Å². The van der Waals surface area contributed by atoms with Crippen molar-refractivity contribution in [3.05, 3.63) is 54.6 Å². The molecule has 0 aliphatic carbocycles. The van der Waals surface area contributed by atoms with Gasteiger partial charge in [-0.3, -0.25) is 0 Å². The normalized spacial score (nSPS) is 13.1. The SMILES string of the molecule is CC(CO)NS(=O)(=O)c1ccc(-c2ccccc2)cc1. The predicted octanol–water partition coefficient (Wildman–Crippen LogP) is 2.01. The van der Waals surface area contributed by atoms with Crippen LogP contribution in [-0.4, -0.2) is 26.2 Å². The van der Waals surface area contributed by atoms with Crippen LogP contribution < -0.4 is 4.72 Å². The molecule has 0 amide bonds. The van der Waals surface area contributed by atoms with Crippen LogP contribution >= 0.6 is 0 Å². The first kappa shape index (κ1) is 14.7. The highest BCUT2D eigenvalue weighted by atomic mass is 32.2. The quantitative estimate of drug-likeness (QED) is 0.885. The predicted molar refractivity (Wildman–Crippen MR) is 78.7 cm³/mol. The Balaban J connectivity index is 2.25. The van der Waals surface area contributed by atoms with Crippen LogP contribution in [0.4, 0.5) is 0 Å². The molecule has 0 fully saturated rings. The summed E-state index contributed by atoms with van der Waals surface area (Å²) < 4.78 is 26.5. The van der Waals surface area contributed by atoms with Crippen LogP contribution in [-0.2, 0) is 10.0 Å². The van der Waals surface area contributed by atoms with Crippen LogP contribution in [0.1, 0.15) is 6.92 Å². The molecular formula is C15H17NO3S. The maximum absolute atomic E-state index is 12.0. The van der Waals surface area contributed by atoms with Gasteiger partial charge in [-0.15, -0.1) is 0 Å². The van der Waals surface area contributed by atoms with Crippen LogP contribution in [0.3, 0.4) is 0 Å². The summed E-state index contributed by atoms with van der Waals surface area (Å²) in [5, 5.41) is 8.91. The molecule has 0 saturated carbocycles. The second-order valence-electron chi connectivity index (χ2n) is 4.60. The Hall–Kier alpha value is -1.69. The second kappa shape index (κ2) is 6.17. The van der Waals surface area contributed by atoms with E-state index in [2.05, 4.69) is 4.72 Å². The van der Waals surface area contributed by atoms with Crippen molar-refractivity contribution in [3.63, 3.8) is 0 Å². The molecule has 2 N–H and O–H groups in total. The topological polar surface area (TPSA) is 66.4 Å². The van der Waals surface area contributed by atoms with Gasteiger partial charge in [-0.25, -0.2) is 13.1 Å². The van der Waals surface area contributed by atoms with E-state index >= 15 is 0 Å². The molecule has 5 heteroatoms. The Labute approximate surface area is 119 Å². The van der Waals surface area contributed by atoms with Crippen molar-refractivity contribution in [2.45, 2.75) is 17.9 Å². The minimum atomic E-state index is -3.58. The summed E-state index contributed by atoms with van der Waals surface area (Å²) in [5.74, 6) is 0. The fraction of sp³-hybridized carbons (Fsp3) is 0.200. The van der Waals surface area contributed by atoms with Gasteiger partial charge in [-0.05, 0) is 30.2 Å². The summed E-state index contributed by atoms with van der Waals surface area (Å²) in [4.78, 5) is 0.192. The Kier molecular flexibility index (Phi) is 4.54. The molecule has 1 atom stereocenters. The summed E-state index contributed by atoms with van der Waals surface area (Å²) in [6, 6.07) is 15.9. The Morgan fingerprint density at radius 1 is 1.00 bits per heavy atom. The lowest BCUT2D eigenvalue weighted by atomic mass is 10.1. The number of rotatable bonds is 5. The summed E-state index contributed by atoms with van der Waals surface area (Å²) in [7, 11) is -3.58. The number of hydrogen-bond donors (Lipinski definition) is 2. The molecular weight excluding hydrogens is 274 g/mol. The highest BCUT2D eigenvalue weighted by molar-refractivity contribution is 7.89. The standard InChI is InChI=1S/C15H17NO3S/c1-12(11-17)16-20(18,19)15-9-7-14(8-10-15)13-5-3-2-4-6-13/h2-10,12,16-17H,11H2,1H3. The van der Waals surface area contributed by atoms with Gasteiger partial charge in [-0.1, -0.05) is 42.5 Å². The molecule has 4 nitrogen and oxygen atoms in total. The molecule has 2 rings (SSSR count). The minimum Gasteiger partial charge on any atom is -0.395 e. The van der Waals surface area contributed by atoms with Crippen LogP contribution in [0, 0.1) is 0 Å². The highest BCUT2D eigenvalue weighted by Crippen LogP contribution is 2.20. The molecule has 0 aromatic heterocycles. The highest BCUT2D eigenvalue weighted by Gasteiger charge is 2.16. The van der Waals surface area contributed by atoms with Crippen molar-refractivity contribution in [2.75, 3.05) is 6.61 Å². The van der Waals surface area contributed by atoms with E-state index in [1.807, 2.05) is 30.3 Å². The molecule has 1 unspecified atom stereocenters. The average molecular weight is 291 g/mol. The van der Waals surface area contributed by atoms with Crippen molar-refractivity contribution in [1.82, 2.24) is 4.72 Å². The lowest BCUT2D eigenvalue weighted by Crippen LogP contribution is -2.34. The summed E-state index contributed by atoms with van der Waals surface area (Å²) in [6.07, 6.45) is 0. The van der Waals surface area contributed by atoms with E-state index in [1.54, 1.807) is 31.2 Å². The fourth-order valence-electron chi connectivity index (χ4n) is 1.83. The Morgan fingerprint density at radius 2 is 1.55 bits per heavy atom. The van der Waals surface area contributed by atoms with Crippen LogP contribution in [0.2, 0.25) is 0 Å². The molecule has 2 aromatic rings. The van der Waals surface area contributed by atoms with Crippen LogP contribution in [0.15, 0.2) is 59.5 Å². The van der Waals surface area contributed by atoms with Gasteiger partial charge in [0.25, 0.3) is 0 Å². The molecule has 20 heavy (non-hydrogen) atoms. The summed E-state index contributed by atoms with van der Waals surface area (Å²) in [5.41, 5.74) is 1.99. The summed E-state index contributed by atoms with van der Waals surface area (Å²) >= 11 is 0. The third-order valence-electron chi connectivity index (χ3n) is 2.90. The second-order valence-corrected chi connectivity index (χ2v) is 6.31. The molecule has 0 saturated heterocycles. The van der Waals surface area contributed by atoms with E-state index in [0.29, 0.717) is 0 Å².